The Kier molecular flexibility index (Phi) is 0.570. The lowest BCUT2D eigenvalue weighted by Crippen LogP contribution is -1.94. The van der Waals surface area contributed by atoms with Crippen molar-refractivity contribution in [3.63, 3.8) is 0 Å². The lowest BCUT2D eigenvalue weighted by Gasteiger charge is -1.93. The van der Waals surface area contributed by atoms with Crippen molar-refractivity contribution in [1.29, 1.82) is 0 Å². The molecule has 0 aromatic rings. The van der Waals surface area contributed by atoms with Crippen LogP contribution in [0.5, 0.6) is 0 Å². The minimum atomic E-state index is 0.108. The maximum atomic E-state index is 6.38. The van der Waals surface area contributed by atoms with E-state index >= 15 is 0 Å². The zero-order valence-electron chi connectivity index (χ0n) is 6.21. The summed E-state index contributed by atoms with van der Waals surface area (Å²) in [7, 11) is 0. The Bertz CT molecular complexity index is 241. The van der Waals surface area contributed by atoms with Crippen molar-refractivity contribution in [2.24, 2.45) is 10.8 Å². The summed E-state index contributed by atoms with van der Waals surface area (Å²) >= 11 is 6.38. The fourth-order valence-corrected chi connectivity index (χ4v) is 3.90. The highest BCUT2D eigenvalue weighted by Crippen LogP contribution is 2.97. The maximum Gasteiger partial charge on any atom is 0.0585 e. The Morgan fingerprint density at radius 1 is 1.50 bits per heavy atom. The molecule has 2 atom stereocenters. The van der Waals surface area contributed by atoms with Gasteiger partial charge in [-0.25, -0.2) is 0 Å². The summed E-state index contributed by atoms with van der Waals surface area (Å²) in [4.78, 5) is 0.108. The molecule has 3 aliphatic rings. The van der Waals surface area contributed by atoms with Crippen molar-refractivity contribution in [3.05, 3.63) is 12.2 Å². The van der Waals surface area contributed by atoms with Crippen molar-refractivity contribution in [2.75, 3.05) is 0 Å². The van der Waals surface area contributed by atoms with Gasteiger partial charge >= 0.3 is 0 Å². The van der Waals surface area contributed by atoms with E-state index in [1.165, 1.54) is 24.8 Å². The molecule has 3 saturated carbocycles. The third-order valence-electron chi connectivity index (χ3n) is 4.16. The number of fused-ring (bicyclic) bond motifs is 1. The molecule has 2 spiro atoms. The molecule has 0 amide bonds. The predicted molar refractivity (Wildman–Crippen MR) is 42.1 cm³/mol. The van der Waals surface area contributed by atoms with Crippen molar-refractivity contribution < 1.29 is 0 Å². The van der Waals surface area contributed by atoms with E-state index in [4.69, 9.17) is 11.6 Å². The smallest absolute Gasteiger partial charge is 0.0585 e. The maximum absolute atomic E-state index is 6.38. The topological polar surface area (TPSA) is 0 Å². The van der Waals surface area contributed by atoms with Gasteiger partial charge in [0.25, 0.3) is 0 Å². The van der Waals surface area contributed by atoms with E-state index in [0.717, 1.165) is 0 Å². The first-order valence-corrected chi connectivity index (χ1v) is 4.33. The first-order chi connectivity index (χ1) is 4.58. The number of hydrogen-bond acceptors (Lipinski definition) is 0. The number of halogens is 1. The first-order valence-electron chi connectivity index (χ1n) is 3.96. The van der Waals surface area contributed by atoms with Gasteiger partial charge in [-0.2, -0.15) is 0 Å². The molecule has 0 radical (unpaired) electrons. The molecule has 2 unspecified atom stereocenters. The average Bonchev–Trinajstić information content (AvgIpc) is 2.57. The highest BCUT2D eigenvalue weighted by atomic mass is 35.5. The van der Waals surface area contributed by atoms with Crippen LogP contribution in [0.25, 0.3) is 0 Å². The van der Waals surface area contributed by atoms with Gasteiger partial charge in [0, 0.05) is 10.8 Å². The van der Waals surface area contributed by atoms with Gasteiger partial charge in [-0.3, -0.25) is 0 Å². The third-order valence-corrected chi connectivity index (χ3v) is 4.85. The van der Waals surface area contributed by atoms with Crippen LogP contribution in [0.3, 0.4) is 0 Å². The van der Waals surface area contributed by atoms with Gasteiger partial charge in [-0.15, -0.1) is 11.6 Å². The Hall–Kier alpha value is 0.0300. The first kappa shape index (κ1) is 5.65. The summed E-state index contributed by atoms with van der Waals surface area (Å²) < 4.78 is 0. The Morgan fingerprint density at radius 2 is 2.00 bits per heavy atom. The number of allylic oxidation sites excluding steroid dienone is 1. The predicted octanol–water partition coefficient (Wildman–Crippen LogP) is 2.72. The van der Waals surface area contributed by atoms with E-state index in [-0.39, 0.29) is 4.87 Å². The van der Waals surface area contributed by atoms with E-state index in [0.29, 0.717) is 10.8 Å². The van der Waals surface area contributed by atoms with Crippen LogP contribution in [-0.4, -0.2) is 4.87 Å². The van der Waals surface area contributed by atoms with Gasteiger partial charge in [0.2, 0.25) is 0 Å². The van der Waals surface area contributed by atoms with E-state index in [1.807, 2.05) is 0 Å². The largest absolute Gasteiger partial charge is 0.118 e. The van der Waals surface area contributed by atoms with Crippen LogP contribution in [0.4, 0.5) is 0 Å². The molecule has 1 heteroatoms. The Labute approximate surface area is 66.3 Å². The standard InChI is InChI=1S/C9H11Cl/c1-6-5-9(6)7(2,10)8(9)3-4-8/h1,3-5H2,2H3. The molecule has 0 N–H and O–H groups in total. The number of hydrogen-bond donors (Lipinski definition) is 0. The lowest BCUT2D eigenvalue weighted by molar-refractivity contribution is 0.740. The van der Waals surface area contributed by atoms with Crippen molar-refractivity contribution in [2.45, 2.75) is 31.1 Å². The summed E-state index contributed by atoms with van der Waals surface area (Å²) in [6.07, 6.45) is 3.92. The van der Waals surface area contributed by atoms with Gasteiger partial charge < -0.3 is 0 Å². The molecular formula is C9H11Cl. The summed E-state index contributed by atoms with van der Waals surface area (Å²) in [5.41, 5.74) is 2.39. The van der Waals surface area contributed by atoms with Gasteiger partial charge in [0.15, 0.2) is 0 Å². The van der Waals surface area contributed by atoms with Crippen LogP contribution in [-0.2, 0) is 0 Å². The SMILES string of the molecule is C=C1CC12C(C)(Cl)C21CC1. The molecule has 0 heterocycles. The van der Waals surface area contributed by atoms with Gasteiger partial charge in [-0.1, -0.05) is 12.2 Å². The Balaban J connectivity index is 2.13. The number of alkyl halides is 1. The highest BCUT2D eigenvalue weighted by molar-refractivity contribution is 6.29. The van der Waals surface area contributed by atoms with Gasteiger partial charge in [0.1, 0.15) is 0 Å². The van der Waals surface area contributed by atoms with Crippen molar-refractivity contribution >= 4 is 11.6 Å². The normalized spacial score (nSPS) is 59.6. The molecule has 10 heavy (non-hydrogen) atoms. The molecule has 0 saturated heterocycles. The molecule has 54 valence electrons. The van der Waals surface area contributed by atoms with Crippen LogP contribution < -0.4 is 0 Å². The van der Waals surface area contributed by atoms with Crippen LogP contribution in [0, 0.1) is 10.8 Å². The molecule has 0 aromatic carbocycles. The summed E-state index contributed by atoms with van der Waals surface area (Å²) in [5, 5.41) is 0. The fraction of sp³-hybridized carbons (Fsp3) is 0.778. The minimum Gasteiger partial charge on any atom is -0.118 e. The van der Waals surface area contributed by atoms with Crippen LogP contribution in [0.2, 0.25) is 0 Å². The molecule has 0 aliphatic heterocycles. The van der Waals surface area contributed by atoms with E-state index in [9.17, 15) is 0 Å². The highest BCUT2D eigenvalue weighted by Gasteiger charge is 2.95. The molecule has 0 nitrogen and oxygen atoms in total. The second-order valence-electron chi connectivity index (χ2n) is 4.27. The molecule has 3 rings (SSSR count). The zero-order valence-corrected chi connectivity index (χ0v) is 6.96. The minimum absolute atomic E-state index is 0.108. The van der Waals surface area contributed by atoms with E-state index in [2.05, 4.69) is 13.5 Å². The molecule has 3 fully saturated rings. The van der Waals surface area contributed by atoms with E-state index in [1.54, 1.807) is 0 Å². The van der Waals surface area contributed by atoms with Gasteiger partial charge in [0.05, 0.1) is 4.87 Å². The Morgan fingerprint density at radius 3 is 2.10 bits per heavy atom. The van der Waals surface area contributed by atoms with Crippen LogP contribution in [0.1, 0.15) is 26.2 Å². The third kappa shape index (κ3) is 0.261. The van der Waals surface area contributed by atoms with Crippen molar-refractivity contribution in [3.8, 4) is 0 Å². The second kappa shape index (κ2) is 1.01. The average molecular weight is 155 g/mol. The quantitative estimate of drug-likeness (QED) is 0.372. The summed E-state index contributed by atoms with van der Waals surface area (Å²) in [6, 6.07) is 0. The molecule has 3 aliphatic carbocycles. The van der Waals surface area contributed by atoms with Crippen LogP contribution in [0.15, 0.2) is 12.2 Å². The lowest BCUT2D eigenvalue weighted by atomic mass is 10.3. The monoisotopic (exact) mass is 154 g/mol. The summed E-state index contributed by atoms with van der Waals surface area (Å²) in [5.74, 6) is 0. The van der Waals surface area contributed by atoms with Crippen molar-refractivity contribution in [1.82, 2.24) is 0 Å². The van der Waals surface area contributed by atoms with Crippen LogP contribution >= 0.6 is 11.6 Å². The summed E-state index contributed by atoms with van der Waals surface area (Å²) in [6.45, 7) is 6.22. The fourth-order valence-electron chi connectivity index (χ4n) is 3.22. The molecule has 0 bridgehead atoms. The molecule has 0 aromatic heterocycles. The van der Waals surface area contributed by atoms with Gasteiger partial charge in [-0.05, 0) is 26.2 Å². The zero-order chi connectivity index (χ0) is 7.20. The van der Waals surface area contributed by atoms with E-state index < -0.39 is 0 Å². The number of rotatable bonds is 0. The molecular weight excluding hydrogens is 144 g/mol. The second-order valence-corrected chi connectivity index (χ2v) is 5.03.